The molecule has 2 atom stereocenters. The standard InChI is InChI=1S/C20H24Cl2N2O3/c1-20(2)14(10-17(21)22)18(20)19(25)24-7-5-23(6-8-24)11-13-3-4-15-16(9-13)27-12-26-15/h3-4,9-10,14,18H,5-8,11-12H2,1-2H3/t14-,18+/m0/s1. The maximum atomic E-state index is 12.9. The summed E-state index contributed by atoms with van der Waals surface area (Å²) in [5.41, 5.74) is 1.12. The first-order valence-electron chi connectivity index (χ1n) is 9.29. The molecule has 0 aromatic heterocycles. The van der Waals surface area contributed by atoms with Crippen LogP contribution >= 0.6 is 23.2 Å². The van der Waals surface area contributed by atoms with E-state index < -0.39 is 0 Å². The van der Waals surface area contributed by atoms with Gasteiger partial charge in [-0.15, -0.1) is 0 Å². The molecule has 0 spiro atoms. The van der Waals surface area contributed by atoms with Crippen molar-refractivity contribution in [3.63, 3.8) is 0 Å². The Bertz CT molecular complexity index is 768. The fourth-order valence-electron chi connectivity index (χ4n) is 4.22. The van der Waals surface area contributed by atoms with Gasteiger partial charge in [0, 0.05) is 32.7 Å². The number of halogens is 2. The maximum Gasteiger partial charge on any atom is 0.231 e. The summed E-state index contributed by atoms with van der Waals surface area (Å²) < 4.78 is 11.1. The molecule has 4 rings (SSSR count). The first-order chi connectivity index (χ1) is 12.9. The molecular formula is C20H24Cl2N2O3. The number of allylic oxidation sites excluding steroid dienone is 1. The minimum Gasteiger partial charge on any atom is -0.454 e. The van der Waals surface area contributed by atoms with Gasteiger partial charge in [0.15, 0.2) is 11.5 Å². The van der Waals surface area contributed by atoms with Gasteiger partial charge in [0.1, 0.15) is 4.49 Å². The zero-order chi connectivity index (χ0) is 19.2. The first-order valence-corrected chi connectivity index (χ1v) is 10.0. The third-order valence-corrected chi connectivity index (χ3v) is 6.26. The summed E-state index contributed by atoms with van der Waals surface area (Å²) in [7, 11) is 0. The smallest absolute Gasteiger partial charge is 0.231 e. The molecule has 1 aromatic rings. The second-order valence-corrected chi connectivity index (χ2v) is 9.08. The lowest BCUT2D eigenvalue weighted by Gasteiger charge is -2.35. The zero-order valence-corrected chi connectivity index (χ0v) is 17.1. The largest absolute Gasteiger partial charge is 0.454 e. The summed E-state index contributed by atoms with van der Waals surface area (Å²) >= 11 is 11.6. The highest BCUT2D eigenvalue weighted by atomic mass is 35.5. The van der Waals surface area contributed by atoms with Crippen LogP contribution in [0, 0.1) is 17.3 Å². The molecule has 2 fully saturated rings. The van der Waals surface area contributed by atoms with Crippen LogP contribution in [0.4, 0.5) is 0 Å². The van der Waals surface area contributed by atoms with E-state index in [0.29, 0.717) is 6.79 Å². The van der Waals surface area contributed by atoms with E-state index >= 15 is 0 Å². The first kappa shape index (κ1) is 18.9. The van der Waals surface area contributed by atoms with Crippen molar-refractivity contribution in [2.24, 2.45) is 17.3 Å². The number of ether oxygens (including phenoxy) is 2. The molecule has 0 unspecified atom stereocenters. The predicted octanol–water partition coefficient (Wildman–Crippen LogP) is 3.65. The number of piperazine rings is 1. The van der Waals surface area contributed by atoms with Crippen molar-refractivity contribution in [3.05, 3.63) is 34.3 Å². The molecule has 1 amide bonds. The van der Waals surface area contributed by atoms with Gasteiger partial charge in [0.05, 0.1) is 5.92 Å². The Hall–Kier alpha value is -1.43. The van der Waals surface area contributed by atoms with Crippen LogP contribution in [0.1, 0.15) is 19.4 Å². The fourth-order valence-corrected chi connectivity index (χ4v) is 4.49. The number of hydrogen-bond acceptors (Lipinski definition) is 4. The van der Waals surface area contributed by atoms with E-state index in [2.05, 4.69) is 24.8 Å². The van der Waals surface area contributed by atoms with Crippen molar-refractivity contribution < 1.29 is 14.3 Å². The Morgan fingerprint density at radius 1 is 1.19 bits per heavy atom. The summed E-state index contributed by atoms with van der Waals surface area (Å²) in [5, 5.41) is 0. The van der Waals surface area contributed by atoms with Gasteiger partial charge < -0.3 is 14.4 Å². The summed E-state index contributed by atoms with van der Waals surface area (Å²) in [6.45, 7) is 8.58. The molecule has 146 valence electrons. The molecule has 2 heterocycles. The number of carbonyl (C=O) groups is 1. The van der Waals surface area contributed by atoms with Crippen molar-refractivity contribution in [3.8, 4) is 11.5 Å². The van der Waals surface area contributed by atoms with Crippen molar-refractivity contribution in [1.82, 2.24) is 9.80 Å². The lowest BCUT2D eigenvalue weighted by molar-refractivity contribution is -0.135. The summed E-state index contributed by atoms with van der Waals surface area (Å²) in [4.78, 5) is 17.3. The Labute approximate surface area is 169 Å². The van der Waals surface area contributed by atoms with Gasteiger partial charge in [-0.1, -0.05) is 43.1 Å². The predicted molar refractivity (Wildman–Crippen MR) is 105 cm³/mol. The molecule has 1 aromatic carbocycles. The quantitative estimate of drug-likeness (QED) is 0.759. The number of amides is 1. The highest BCUT2D eigenvalue weighted by molar-refractivity contribution is 6.55. The minimum atomic E-state index is -0.0737. The lowest BCUT2D eigenvalue weighted by atomic mass is 10.1. The Kier molecular flexibility index (Phi) is 5.04. The molecule has 0 radical (unpaired) electrons. The van der Waals surface area contributed by atoms with Gasteiger partial charge in [-0.05, 0) is 35.1 Å². The molecule has 5 nitrogen and oxygen atoms in total. The normalized spacial score (nSPS) is 26.0. The van der Waals surface area contributed by atoms with E-state index in [9.17, 15) is 4.79 Å². The molecule has 1 saturated carbocycles. The maximum absolute atomic E-state index is 12.9. The van der Waals surface area contributed by atoms with Crippen LogP contribution in [0.25, 0.3) is 0 Å². The van der Waals surface area contributed by atoms with Crippen molar-refractivity contribution in [2.45, 2.75) is 20.4 Å². The number of rotatable bonds is 4. The molecule has 7 heteroatoms. The molecule has 1 aliphatic carbocycles. The second kappa shape index (κ2) is 7.19. The highest BCUT2D eigenvalue weighted by Gasteiger charge is 2.61. The molecule has 27 heavy (non-hydrogen) atoms. The Balaban J connectivity index is 1.31. The van der Waals surface area contributed by atoms with Crippen LogP contribution in [0.2, 0.25) is 0 Å². The number of nitrogens with zero attached hydrogens (tertiary/aromatic N) is 2. The van der Waals surface area contributed by atoms with Gasteiger partial charge in [-0.2, -0.15) is 0 Å². The minimum absolute atomic E-state index is 0.0228. The Morgan fingerprint density at radius 3 is 2.59 bits per heavy atom. The van der Waals surface area contributed by atoms with Gasteiger partial charge >= 0.3 is 0 Å². The van der Waals surface area contributed by atoms with E-state index in [-0.39, 0.29) is 27.6 Å². The van der Waals surface area contributed by atoms with Crippen LogP contribution in [-0.2, 0) is 11.3 Å². The monoisotopic (exact) mass is 410 g/mol. The molecule has 1 saturated heterocycles. The van der Waals surface area contributed by atoms with E-state index in [4.69, 9.17) is 32.7 Å². The van der Waals surface area contributed by atoms with Crippen LogP contribution < -0.4 is 9.47 Å². The Morgan fingerprint density at radius 2 is 1.89 bits per heavy atom. The topological polar surface area (TPSA) is 42.0 Å². The van der Waals surface area contributed by atoms with E-state index in [0.717, 1.165) is 44.2 Å². The van der Waals surface area contributed by atoms with Crippen LogP contribution in [-0.4, -0.2) is 48.7 Å². The van der Waals surface area contributed by atoms with Gasteiger partial charge in [0.25, 0.3) is 0 Å². The summed E-state index contributed by atoms with van der Waals surface area (Å²) in [6.07, 6.45) is 1.81. The van der Waals surface area contributed by atoms with Gasteiger partial charge in [-0.25, -0.2) is 0 Å². The molecule has 3 aliphatic rings. The van der Waals surface area contributed by atoms with E-state index in [1.807, 2.05) is 23.1 Å². The lowest BCUT2D eigenvalue weighted by Crippen LogP contribution is -2.49. The number of hydrogen-bond donors (Lipinski definition) is 0. The molecule has 2 aliphatic heterocycles. The average Bonchev–Trinajstić information content (AvgIpc) is 2.96. The third kappa shape index (κ3) is 3.78. The SMILES string of the molecule is CC1(C)[C@@H](C=C(Cl)Cl)[C@@H]1C(=O)N1CCN(Cc2ccc3c(c2)OCO3)CC1. The fraction of sp³-hybridized carbons (Fsp3) is 0.550. The second-order valence-electron chi connectivity index (χ2n) is 8.07. The van der Waals surface area contributed by atoms with E-state index in [1.54, 1.807) is 0 Å². The molecule has 0 bridgehead atoms. The average molecular weight is 411 g/mol. The van der Waals surface area contributed by atoms with Crippen molar-refractivity contribution in [2.75, 3.05) is 33.0 Å². The summed E-state index contributed by atoms with van der Waals surface area (Å²) in [5.74, 6) is 1.95. The number of fused-ring (bicyclic) bond motifs is 1. The van der Waals surface area contributed by atoms with Gasteiger partial charge in [-0.3, -0.25) is 9.69 Å². The highest BCUT2D eigenvalue weighted by Crippen LogP contribution is 2.60. The van der Waals surface area contributed by atoms with Crippen LogP contribution in [0.5, 0.6) is 11.5 Å². The van der Waals surface area contributed by atoms with E-state index in [1.165, 1.54) is 5.56 Å². The van der Waals surface area contributed by atoms with Crippen LogP contribution in [0.3, 0.4) is 0 Å². The van der Waals surface area contributed by atoms with Crippen LogP contribution in [0.15, 0.2) is 28.8 Å². The summed E-state index contributed by atoms with van der Waals surface area (Å²) in [6, 6.07) is 6.08. The number of carbonyl (C=O) groups excluding carboxylic acids is 1. The zero-order valence-electron chi connectivity index (χ0n) is 15.6. The number of benzene rings is 1. The van der Waals surface area contributed by atoms with Gasteiger partial charge in [0.2, 0.25) is 12.7 Å². The van der Waals surface area contributed by atoms with Crippen molar-refractivity contribution in [1.29, 1.82) is 0 Å². The third-order valence-electron chi connectivity index (χ3n) is 6.01. The van der Waals surface area contributed by atoms with Crippen molar-refractivity contribution >= 4 is 29.1 Å². The molecule has 0 N–H and O–H groups in total. The molecular weight excluding hydrogens is 387 g/mol.